The minimum absolute atomic E-state index is 0.100. The number of amides is 3. The normalized spacial score (nSPS) is 20.3. The molecular weight excluding hydrogens is 372 g/mol. The molecule has 1 aromatic heterocycles. The van der Waals surface area contributed by atoms with Crippen LogP contribution in [0.2, 0.25) is 0 Å². The van der Waals surface area contributed by atoms with Gasteiger partial charge in [-0.25, -0.2) is 4.79 Å². The van der Waals surface area contributed by atoms with Gasteiger partial charge in [-0.3, -0.25) is 9.69 Å². The van der Waals surface area contributed by atoms with Gasteiger partial charge in [0.25, 0.3) is 5.91 Å². The fraction of sp³-hybridized carbons (Fsp3) is 0.333. The molecule has 2 heterocycles. The average Bonchev–Trinajstić information content (AvgIpc) is 3.27. The van der Waals surface area contributed by atoms with Crippen LogP contribution in [0.4, 0.5) is 4.79 Å². The zero-order chi connectivity index (χ0) is 20.6. The van der Waals surface area contributed by atoms with Crippen LogP contribution in [0.3, 0.4) is 0 Å². The summed E-state index contributed by atoms with van der Waals surface area (Å²) in [5.41, 5.74) is -0.438. The lowest BCUT2D eigenvalue weighted by Gasteiger charge is -2.23. The Morgan fingerprint density at radius 3 is 2.76 bits per heavy atom. The maximum Gasteiger partial charge on any atom is 0.325 e. The summed E-state index contributed by atoms with van der Waals surface area (Å²) in [6.07, 6.45) is -0.332. The van der Waals surface area contributed by atoms with Crippen molar-refractivity contribution in [3.8, 4) is 0 Å². The van der Waals surface area contributed by atoms with E-state index in [0.29, 0.717) is 12.4 Å². The molecule has 0 spiro atoms. The number of carbonyl (C=O) groups excluding carboxylic acids is 2. The fourth-order valence-electron chi connectivity index (χ4n) is 3.64. The van der Waals surface area contributed by atoms with Crippen molar-refractivity contribution < 1.29 is 18.8 Å². The first-order valence-corrected chi connectivity index (χ1v) is 9.50. The highest BCUT2D eigenvalue weighted by Gasteiger charge is 2.50. The zero-order valence-electron chi connectivity index (χ0n) is 16.5. The molecule has 150 valence electrons. The molecule has 0 bridgehead atoms. The van der Waals surface area contributed by atoms with Gasteiger partial charge in [0.05, 0.1) is 0 Å². The number of fused-ring (bicyclic) bond motifs is 1. The van der Waals surface area contributed by atoms with Gasteiger partial charge in [-0.2, -0.15) is 4.98 Å². The second kappa shape index (κ2) is 7.29. The molecule has 8 nitrogen and oxygen atoms in total. The molecule has 0 unspecified atom stereocenters. The highest BCUT2D eigenvalue weighted by Crippen LogP contribution is 2.34. The average molecular weight is 394 g/mol. The molecule has 1 aliphatic heterocycles. The van der Waals surface area contributed by atoms with Crippen LogP contribution < -0.4 is 5.32 Å². The van der Waals surface area contributed by atoms with E-state index in [2.05, 4.69) is 15.5 Å². The fourth-order valence-corrected chi connectivity index (χ4v) is 3.64. The van der Waals surface area contributed by atoms with Crippen LogP contribution in [-0.2, 0) is 21.6 Å². The number of benzene rings is 2. The van der Waals surface area contributed by atoms with E-state index in [4.69, 9.17) is 9.26 Å². The Bertz CT molecular complexity index is 1070. The predicted octanol–water partition coefficient (Wildman–Crippen LogP) is 3.29. The lowest BCUT2D eigenvalue weighted by Crippen LogP contribution is -2.41. The van der Waals surface area contributed by atoms with Gasteiger partial charge in [0.1, 0.15) is 18.2 Å². The summed E-state index contributed by atoms with van der Waals surface area (Å²) in [5.74, 6) is 0.194. The number of rotatable bonds is 6. The smallest absolute Gasteiger partial charge is 0.325 e. The Balaban J connectivity index is 1.62. The van der Waals surface area contributed by atoms with Crippen molar-refractivity contribution in [3.63, 3.8) is 0 Å². The summed E-state index contributed by atoms with van der Waals surface area (Å²) >= 11 is 0. The molecule has 3 amide bonds. The number of imide groups is 1. The van der Waals surface area contributed by atoms with Crippen molar-refractivity contribution in [2.75, 3.05) is 6.61 Å². The van der Waals surface area contributed by atoms with Gasteiger partial charge in [-0.15, -0.1) is 0 Å². The number of nitrogens with zero attached hydrogens (tertiary/aromatic N) is 3. The number of carbonyl (C=O) groups is 2. The van der Waals surface area contributed by atoms with Gasteiger partial charge in [-0.1, -0.05) is 47.6 Å². The first kappa shape index (κ1) is 19.1. The van der Waals surface area contributed by atoms with Gasteiger partial charge >= 0.3 is 6.03 Å². The standard InChI is InChI=1S/C21H22N4O4/c1-4-28-13(2)18-22-17(29-24-18)12-25-19(26)21(3,23-20(25)27)16-11-7-9-14-8-5-6-10-15(14)16/h5-11,13H,4,12H2,1-3H3,(H,23,27)/t13-,21-/m0/s1. The van der Waals surface area contributed by atoms with Crippen molar-refractivity contribution in [1.29, 1.82) is 0 Å². The zero-order valence-corrected chi connectivity index (χ0v) is 16.5. The molecule has 0 saturated carbocycles. The number of nitrogens with one attached hydrogen (secondary N) is 1. The van der Waals surface area contributed by atoms with E-state index in [1.807, 2.05) is 56.3 Å². The SMILES string of the molecule is CCO[C@@H](C)c1noc(CN2C(=O)N[C@@](C)(c3cccc4ccccc34)C2=O)n1. The molecule has 4 rings (SSSR count). The lowest BCUT2D eigenvalue weighted by molar-refractivity contribution is -0.131. The van der Waals surface area contributed by atoms with E-state index in [-0.39, 0.29) is 24.4 Å². The number of hydrogen-bond donors (Lipinski definition) is 1. The second-order valence-corrected chi connectivity index (χ2v) is 7.12. The van der Waals surface area contributed by atoms with Crippen LogP contribution in [-0.4, -0.2) is 33.6 Å². The minimum Gasteiger partial charge on any atom is -0.371 e. The summed E-state index contributed by atoms with van der Waals surface area (Å²) in [4.78, 5) is 31.3. The van der Waals surface area contributed by atoms with Crippen LogP contribution in [0.25, 0.3) is 10.8 Å². The molecule has 1 N–H and O–H groups in total. The maximum atomic E-state index is 13.3. The summed E-state index contributed by atoms with van der Waals surface area (Å²) in [5, 5.41) is 8.63. The Morgan fingerprint density at radius 2 is 1.97 bits per heavy atom. The molecule has 8 heteroatoms. The lowest BCUT2D eigenvalue weighted by atomic mass is 9.88. The molecule has 2 aromatic carbocycles. The molecule has 1 saturated heterocycles. The molecule has 1 aliphatic rings. The van der Waals surface area contributed by atoms with Gasteiger partial charge in [0, 0.05) is 6.61 Å². The summed E-state index contributed by atoms with van der Waals surface area (Å²) < 4.78 is 10.7. The maximum absolute atomic E-state index is 13.3. The van der Waals surface area contributed by atoms with Crippen molar-refractivity contribution in [2.24, 2.45) is 0 Å². The van der Waals surface area contributed by atoms with Gasteiger partial charge in [-0.05, 0) is 37.1 Å². The van der Waals surface area contributed by atoms with E-state index in [1.54, 1.807) is 6.92 Å². The molecule has 3 aromatic rings. The number of aromatic nitrogens is 2. The number of ether oxygens (including phenoxy) is 1. The highest BCUT2D eigenvalue weighted by molar-refractivity contribution is 6.09. The van der Waals surface area contributed by atoms with Crippen molar-refractivity contribution >= 4 is 22.7 Å². The van der Waals surface area contributed by atoms with Crippen LogP contribution in [0.5, 0.6) is 0 Å². The van der Waals surface area contributed by atoms with E-state index < -0.39 is 11.6 Å². The summed E-state index contributed by atoms with van der Waals surface area (Å²) in [7, 11) is 0. The van der Waals surface area contributed by atoms with Crippen LogP contribution in [0, 0.1) is 0 Å². The molecule has 2 atom stereocenters. The topological polar surface area (TPSA) is 97.6 Å². The summed E-state index contributed by atoms with van der Waals surface area (Å²) in [6.45, 7) is 5.81. The van der Waals surface area contributed by atoms with Gasteiger partial charge < -0.3 is 14.6 Å². The highest BCUT2D eigenvalue weighted by atomic mass is 16.5. The van der Waals surface area contributed by atoms with E-state index in [1.165, 1.54) is 0 Å². The number of urea groups is 1. The molecule has 29 heavy (non-hydrogen) atoms. The van der Waals surface area contributed by atoms with E-state index in [9.17, 15) is 9.59 Å². The second-order valence-electron chi connectivity index (χ2n) is 7.12. The Morgan fingerprint density at radius 1 is 1.21 bits per heavy atom. The third kappa shape index (κ3) is 3.25. The third-order valence-corrected chi connectivity index (χ3v) is 5.16. The third-order valence-electron chi connectivity index (χ3n) is 5.16. The molecule has 0 aliphatic carbocycles. The molecule has 1 fully saturated rings. The van der Waals surface area contributed by atoms with Crippen molar-refractivity contribution in [3.05, 3.63) is 59.7 Å². The van der Waals surface area contributed by atoms with Crippen molar-refractivity contribution in [2.45, 2.75) is 39.0 Å². The van der Waals surface area contributed by atoms with Gasteiger partial charge in [0.15, 0.2) is 5.82 Å². The largest absolute Gasteiger partial charge is 0.371 e. The first-order chi connectivity index (χ1) is 13.9. The monoisotopic (exact) mass is 394 g/mol. The molecule has 0 radical (unpaired) electrons. The molecular formula is C21H22N4O4. The Labute approximate surface area is 167 Å². The van der Waals surface area contributed by atoms with Crippen LogP contribution in [0.1, 0.15) is 44.2 Å². The quantitative estimate of drug-likeness (QED) is 0.645. The van der Waals surface area contributed by atoms with Crippen molar-refractivity contribution in [1.82, 2.24) is 20.4 Å². The number of hydrogen-bond acceptors (Lipinski definition) is 6. The predicted molar refractivity (Wildman–Crippen MR) is 105 cm³/mol. The Kier molecular flexibility index (Phi) is 4.79. The van der Waals surface area contributed by atoms with Crippen LogP contribution >= 0.6 is 0 Å². The van der Waals surface area contributed by atoms with E-state index in [0.717, 1.165) is 21.2 Å². The minimum atomic E-state index is -1.18. The van der Waals surface area contributed by atoms with E-state index >= 15 is 0 Å². The first-order valence-electron chi connectivity index (χ1n) is 9.50. The van der Waals surface area contributed by atoms with Gasteiger partial charge in [0.2, 0.25) is 5.89 Å². The van der Waals surface area contributed by atoms with Crippen LogP contribution in [0.15, 0.2) is 47.0 Å². The summed E-state index contributed by atoms with van der Waals surface area (Å²) in [6, 6.07) is 13.0. The Hall–Kier alpha value is -3.26.